The van der Waals surface area contributed by atoms with Crippen LogP contribution in [-0.2, 0) is 0 Å². The highest BCUT2D eigenvalue weighted by Gasteiger charge is 2.08. The van der Waals surface area contributed by atoms with Crippen LogP contribution in [0, 0.1) is 18.3 Å². The predicted octanol–water partition coefficient (Wildman–Crippen LogP) is 2.15. The summed E-state index contributed by atoms with van der Waals surface area (Å²) < 4.78 is 0. The van der Waals surface area contributed by atoms with Gasteiger partial charge in [-0.1, -0.05) is 19.4 Å². The summed E-state index contributed by atoms with van der Waals surface area (Å²) in [7, 11) is 0. The Kier molecular flexibility index (Phi) is 5.83. The number of carbonyl (C=O) groups is 1. The molecule has 2 amide bonds. The number of aliphatic hydroxyl groups is 1. The first-order chi connectivity index (χ1) is 9.06. The number of rotatable bonds is 5. The average Bonchev–Trinajstić information content (AvgIpc) is 2.39. The minimum absolute atomic E-state index is 0.219. The zero-order chi connectivity index (χ0) is 14.3. The highest BCUT2D eigenvalue weighted by atomic mass is 16.3. The number of hydrogen-bond acceptors (Lipinski definition) is 3. The third-order valence-corrected chi connectivity index (χ3v) is 2.74. The van der Waals surface area contributed by atoms with E-state index in [0.29, 0.717) is 17.7 Å². The fraction of sp³-hybridized carbons (Fsp3) is 0.429. The van der Waals surface area contributed by atoms with E-state index >= 15 is 0 Å². The Balaban J connectivity index is 2.55. The molecule has 3 N–H and O–H groups in total. The summed E-state index contributed by atoms with van der Waals surface area (Å²) in [6, 6.07) is 6.74. The van der Waals surface area contributed by atoms with Crippen molar-refractivity contribution in [3.8, 4) is 6.07 Å². The van der Waals surface area contributed by atoms with Gasteiger partial charge in [0.05, 0.1) is 17.7 Å². The molecule has 0 aliphatic heterocycles. The van der Waals surface area contributed by atoms with Gasteiger partial charge >= 0.3 is 6.03 Å². The Hall–Kier alpha value is -2.06. The number of hydrogen-bond donors (Lipinski definition) is 3. The number of anilines is 1. The summed E-state index contributed by atoms with van der Waals surface area (Å²) in [6.07, 6.45) is 0.999. The Labute approximate surface area is 113 Å². The van der Waals surface area contributed by atoms with Crippen molar-refractivity contribution >= 4 is 11.7 Å². The third kappa shape index (κ3) is 4.98. The number of nitriles is 1. The van der Waals surface area contributed by atoms with E-state index in [2.05, 4.69) is 10.6 Å². The number of urea groups is 1. The summed E-state index contributed by atoms with van der Waals surface area (Å²) in [5.41, 5.74) is 1.97. The van der Waals surface area contributed by atoms with Gasteiger partial charge in [-0.05, 0) is 31.0 Å². The molecule has 0 saturated heterocycles. The quantitative estimate of drug-likeness (QED) is 0.759. The molecule has 1 rings (SSSR count). The van der Waals surface area contributed by atoms with Gasteiger partial charge in [-0.25, -0.2) is 4.79 Å². The van der Waals surface area contributed by atoms with Crippen LogP contribution < -0.4 is 10.6 Å². The van der Waals surface area contributed by atoms with Crippen LogP contribution in [0.5, 0.6) is 0 Å². The standard InChI is InChI=1S/C14H19N3O2/c1-3-4-12(18)9-16-14(19)17-13-7-11(8-15)6-5-10(13)2/h5-7,12,18H,3-4,9H2,1-2H3,(H2,16,17,19). The lowest BCUT2D eigenvalue weighted by Crippen LogP contribution is -2.35. The Morgan fingerprint density at radius 1 is 1.53 bits per heavy atom. The first-order valence-electron chi connectivity index (χ1n) is 6.30. The van der Waals surface area contributed by atoms with Gasteiger partial charge in [-0.2, -0.15) is 5.26 Å². The molecule has 0 aliphatic rings. The number of aryl methyl sites for hydroxylation is 1. The largest absolute Gasteiger partial charge is 0.391 e. The van der Waals surface area contributed by atoms with Crippen molar-refractivity contribution in [2.24, 2.45) is 0 Å². The van der Waals surface area contributed by atoms with Gasteiger partial charge in [0.1, 0.15) is 0 Å². The molecule has 0 radical (unpaired) electrons. The van der Waals surface area contributed by atoms with Crippen molar-refractivity contribution in [2.45, 2.75) is 32.8 Å². The molecule has 19 heavy (non-hydrogen) atoms. The van der Waals surface area contributed by atoms with Crippen LogP contribution in [-0.4, -0.2) is 23.8 Å². The van der Waals surface area contributed by atoms with E-state index in [-0.39, 0.29) is 12.6 Å². The summed E-state index contributed by atoms with van der Waals surface area (Å²) in [5.74, 6) is 0. The molecule has 1 aromatic carbocycles. The fourth-order valence-corrected chi connectivity index (χ4v) is 1.64. The van der Waals surface area contributed by atoms with E-state index in [0.717, 1.165) is 12.0 Å². The number of nitrogens with zero attached hydrogens (tertiary/aromatic N) is 1. The number of aliphatic hydroxyl groups excluding tert-OH is 1. The van der Waals surface area contributed by atoms with Crippen molar-refractivity contribution in [1.29, 1.82) is 5.26 Å². The molecular formula is C14H19N3O2. The van der Waals surface area contributed by atoms with Gasteiger partial charge in [0, 0.05) is 12.2 Å². The second kappa shape index (κ2) is 7.39. The second-order valence-corrected chi connectivity index (χ2v) is 4.42. The number of amides is 2. The highest BCUT2D eigenvalue weighted by molar-refractivity contribution is 5.90. The van der Waals surface area contributed by atoms with E-state index in [9.17, 15) is 9.90 Å². The maximum Gasteiger partial charge on any atom is 0.319 e. The minimum Gasteiger partial charge on any atom is -0.391 e. The smallest absolute Gasteiger partial charge is 0.319 e. The maximum absolute atomic E-state index is 11.7. The topological polar surface area (TPSA) is 85.2 Å². The summed E-state index contributed by atoms with van der Waals surface area (Å²) in [5, 5.41) is 23.6. The van der Waals surface area contributed by atoms with Crippen LogP contribution in [0.25, 0.3) is 0 Å². The monoisotopic (exact) mass is 261 g/mol. The van der Waals surface area contributed by atoms with Crippen LogP contribution in [0.2, 0.25) is 0 Å². The molecule has 0 saturated carbocycles. The summed E-state index contributed by atoms with van der Waals surface area (Å²) in [6.45, 7) is 4.04. The molecule has 0 aliphatic carbocycles. The lowest BCUT2D eigenvalue weighted by Gasteiger charge is -2.13. The van der Waals surface area contributed by atoms with Gasteiger partial charge in [0.15, 0.2) is 0 Å². The van der Waals surface area contributed by atoms with Gasteiger partial charge in [0.25, 0.3) is 0 Å². The van der Waals surface area contributed by atoms with Gasteiger partial charge in [-0.3, -0.25) is 0 Å². The number of nitrogens with one attached hydrogen (secondary N) is 2. The first-order valence-corrected chi connectivity index (χ1v) is 6.30. The molecule has 5 nitrogen and oxygen atoms in total. The summed E-state index contributed by atoms with van der Waals surface area (Å²) in [4.78, 5) is 11.7. The van der Waals surface area contributed by atoms with Gasteiger partial charge < -0.3 is 15.7 Å². The van der Waals surface area contributed by atoms with Crippen molar-refractivity contribution in [2.75, 3.05) is 11.9 Å². The fourth-order valence-electron chi connectivity index (χ4n) is 1.64. The molecule has 0 heterocycles. The zero-order valence-corrected chi connectivity index (χ0v) is 11.2. The molecule has 102 valence electrons. The van der Waals surface area contributed by atoms with Gasteiger partial charge in [-0.15, -0.1) is 0 Å². The first kappa shape index (κ1) is 15.0. The number of carbonyl (C=O) groups excluding carboxylic acids is 1. The summed E-state index contributed by atoms with van der Waals surface area (Å²) >= 11 is 0. The molecular weight excluding hydrogens is 242 g/mol. The van der Waals surface area contributed by atoms with Crippen molar-refractivity contribution in [3.63, 3.8) is 0 Å². The Bertz CT molecular complexity index is 480. The molecule has 1 aromatic rings. The van der Waals surface area contributed by atoms with Crippen LogP contribution in [0.4, 0.5) is 10.5 Å². The van der Waals surface area contributed by atoms with Crippen molar-refractivity contribution in [3.05, 3.63) is 29.3 Å². The molecule has 1 atom stereocenters. The number of benzene rings is 1. The zero-order valence-electron chi connectivity index (χ0n) is 11.2. The average molecular weight is 261 g/mol. The van der Waals surface area contributed by atoms with E-state index in [1.807, 2.05) is 19.9 Å². The molecule has 0 spiro atoms. The maximum atomic E-state index is 11.7. The predicted molar refractivity (Wildman–Crippen MR) is 73.8 cm³/mol. The van der Waals surface area contributed by atoms with E-state index < -0.39 is 6.10 Å². The molecule has 5 heteroatoms. The van der Waals surface area contributed by atoms with E-state index in [4.69, 9.17) is 5.26 Å². The van der Waals surface area contributed by atoms with Crippen LogP contribution in [0.3, 0.4) is 0 Å². The lowest BCUT2D eigenvalue weighted by atomic mass is 10.1. The normalized spacial score (nSPS) is 11.5. The van der Waals surface area contributed by atoms with Gasteiger partial charge in [0.2, 0.25) is 0 Å². The SMILES string of the molecule is CCCC(O)CNC(=O)Nc1cc(C#N)ccc1C. The molecule has 0 bridgehead atoms. The molecule has 1 unspecified atom stereocenters. The van der Waals surface area contributed by atoms with Crippen LogP contribution >= 0.6 is 0 Å². The second-order valence-electron chi connectivity index (χ2n) is 4.42. The van der Waals surface area contributed by atoms with E-state index in [1.165, 1.54) is 0 Å². The lowest BCUT2D eigenvalue weighted by molar-refractivity contribution is 0.162. The Morgan fingerprint density at radius 2 is 2.26 bits per heavy atom. The molecule has 0 aromatic heterocycles. The third-order valence-electron chi connectivity index (χ3n) is 2.74. The highest BCUT2D eigenvalue weighted by Crippen LogP contribution is 2.16. The van der Waals surface area contributed by atoms with Crippen molar-refractivity contribution < 1.29 is 9.90 Å². The molecule has 0 fully saturated rings. The van der Waals surface area contributed by atoms with Crippen LogP contribution in [0.15, 0.2) is 18.2 Å². The minimum atomic E-state index is -0.526. The van der Waals surface area contributed by atoms with E-state index in [1.54, 1.807) is 18.2 Å². The van der Waals surface area contributed by atoms with Crippen molar-refractivity contribution in [1.82, 2.24) is 5.32 Å². The van der Waals surface area contributed by atoms with Crippen LogP contribution in [0.1, 0.15) is 30.9 Å². The Morgan fingerprint density at radius 3 is 2.89 bits per heavy atom.